The second-order valence-electron chi connectivity index (χ2n) is 8.72. The van der Waals surface area contributed by atoms with Crippen molar-refractivity contribution in [3.8, 4) is 11.5 Å². The van der Waals surface area contributed by atoms with Crippen LogP contribution in [-0.2, 0) is 16.1 Å². The van der Waals surface area contributed by atoms with Gasteiger partial charge in [0.2, 0.25) is 11.8 Å². The van der Waals surface area contributed by atoms with Crippen molar-refractivity contribution in [2.75, 3.05) is 38.5 Å². The molecular formula is C28H32N4O5. The molecule has 37 heavy (non-hydrogen) atoms. The van der Waals surface area contributed by atoms with E-state index in [9.17, 15) is 19.5 Å². The van der Waals surface area contributed by atoms with Crippen LogP contribution in [0.25, 0.3) is 0 Å². The molecule has 3 aromatic carbocycles. The number of rotatable bonds is 14. The first-order valence-corrected chi connectivity index (χ1v) is 11.9. The molecule has 0 aliphatic carbocycles. The molecule has 0 atom stereocenters. The van der Waals surface area contributed by atoms with Gasteiger partial charge in [0, 0.05) is 18.8 Å². The van der Waals surface area contributed by atoms with Crippen LogP contribution in [0, 0.1) is 0 Å². The smallest absolute Gasteiger partial charge is 0.336 e. The summed E-state index contributed by atoms with van der Waals surface area (Å²) in [5.41, 5.74) is 6.88. The Hall–Kier alpha value is -4.21. The maximum atomic E-state index is 12.5. The Morgan fingerprint density at radius 1 is 0.865 bits per heavy atom. The van der Waals surface area contributed by atoms with Gasteiger partial charge in [0.15, 0.2) is 0 Å². The number of benzene rings is 3. The molecule has 0 aliphatic heterocycles. The van der Waals surface area contributed by atoms with E-state index < -0.39 is 11.9 Å². The van der Waals surface area contributed by atoms with Gasteiger partial charge in [-0.2, -0.15) is 0 Å². The molecule has 0 spiro atoms. The number of carbonyl (C=O) groups excluding carboxylic acids is 2. The number of likely N-dealkylation sites (N-methyl/N-ethyl adjacent to an activating group) is 1. The summed E-state index contributed by atoms with van der Waals surface area (Å²) in [5.74, 6) is -0.239. The number of hydrogen-bond donors (Lipinski definition) is 3. The normalized spacial score (nSPS) is 10.9. The van der Waals surface area contributed by atoms with Gasteiger partial charge in [0.1, 0.15) is 11.5 Å². The number of ether oxygens (including phenoxy) is 1. The minimum atomic E-state index is -1.02. The first-order valence-electron chi connectivity index (χ1n) is 11.9. The number of nitrogens with two attached hydrogens (primary N) is 1. The van der Waals surface area contributed by atoms with Crippen LogP contribution >= 0.6 is 0 Å². The third kappa shape index (κ3) is 9.40. The minimum Gasteiger partial charge on any atom is -0.478 e. The van der Waals surface area contributed by atoms with Crippen molar-refractivity contribution in [2.45, 2.75) is 13.0 Å². The Balaban J connectivity index is 1.44. The van der Waals surface area contributed by atoms with E-state index in [1.54, 1.807) is 42.5 Å². The second-order valence-corrected chi connectivity index (χ2v) is 8.72. The van der Waals surface area contributed by atoms with Crippen LogP contribution in [0.15, 0.2) is 78.9 Å². The second kappa shape index (κ2) is 13.8. The number of carbonyl (C=O) groups is 3. The number of anilines is 1. The zero-order valence-corrected chi connectivity index (χ0v) is 20.8. The quantitative estimate of drug-likeness (QED) is 0.307. The maximum absolute atomic E-state index is 12.5. The first kappa shape index (κ1) is 27.4. The monoisotopic (exact) mass is 504 g/mol. The number of aromatic carboxylic acids is 1. The number of carboxylic acid groups (broad SMARTS) is 1. The third-order valence-electron chi connectivity index (χ3n) is 5.57. The SMILES string of the molecule is CN(CCCN(CC(N)=O)Cc1ccccc1C(=O)O)CC(=O)Nc1ccc(Oc2ccccc2)cc1. The molecule has 0 aromatic heterocycles. The maximum Gasteiger partial charge on any atom is 0.336 e. The van der Waals surface area contributed by atoms with Crippen molar-refractivity contribution >= 4 is 23.5 Å². The molecule has 0 bridgehead atoms. The number of nitrogens with one attached hydrogen (secondary N) is 1. The van der Waals surface area contributed by atoms with Gasteiger partial charge >= 0.3 is 5.97 Å². The first-order chi connectivity index (χ1) is 17.8. The number of carboxylic acids is 1. The molecular weight excluding hydrogens is 472 g/mol. The molecule has 194 valence electrons. The molecule has 0 saturated carbocycles. The number of para-hydroxylation sites is 1. The highest BCUT2D eigenvalue weighted by Crippen LogP contribution is 2.22. The number of hydrogen-bond acceptors (Lipinski definition) is 6. The Morgan fingerprint density at radius 2 is 1.51 bits per heavy atom. The molecule has 0 heterocycles. The van der Waals surface area contributed by atoms with E-state index in [0.717, 1.165) is 5.75 Å². The van der Waals surface area contributed by atoms with Crippen molar-refractivity contribution in [1.82, 2.24) is 9.80 Å². The van der Waals surface area contributed by atoms with Crippen LogP contribution in [0.1, 0.15) is 22.3 Å². The Bertz CT molecular complexity index is 1180. The summed E-state index contributed by atoms with van der Waals surface area (Å²) in [6.45, 7) is 1.63. The number of nitrogens with zero attached hydrogens (tertiary/aromatic N) is 2. The van der Waals surface area contributed by atoms with Gasteiger partial charge in [-0.1, -0.05) is 36.4 Å². The summed E-state index contributed by atoms with van der Waals surface area (Å²) in [6.07, 6.45) is 0.665. The van der Waals surface area contributed by atoms with Gasteiger partial charge in [0.05, 0.1) is 18.7 Å². The Morgan fingerprint density at radius 3 is 2.19 bits per heavy atom. The van der Waals surface area contributed by atoms with Crippen molar-refractivity contribution in [3.63, 3.8) is 0 Å². The molecule has 0 aliphatic rings. The van der Waals surface area contributed by atoms with Gasteiger partial charge in [-0.25, -0.2) is 4.79 Å². The Labute approximate surface area is 216 Å². The van der Waals surface area contributed by atoms with E-state index >= 15 is 0 Å². The highest BCUT2D eigenvalue weighted by atomic mass is 16.5. The molecule has 0 saturated heterocycles. The summed E-state index contributed by atoms with van der Waals surface area (Å²) in [6, 6.07) is 23.3. The molecule has 9 heteroatoms. The van der Waals surface area contributed by atoms with E-state index in [1.165, 1.54) is 6.07 Å². The van der Waals surface area contributed by atoms with Crippen LogP contribution < -0.4 is 15.8 Å². The average molecular weight is 505 g/mol. The molecule has 3 rings (SSSR count). The zero-order valence-electron chi connectivity index (χ0n) is 20.8. The Kier molecular flexibility index (Phi) is 10.2. The van der Waals surface area contributed by atoms with E-state index in [1.807, 2.05) is 47.2 Å². The van der Waals surface area contributed by atoms with Crippen LogP contribution in [0.3, 0.4) is 0 Å². The highest BCUT2D eigenvalue weighted by Gasteiger charge is 2.15. The lowest BCUT2D eigenvalue weighted by atomic mass is 10.1. The molecule has 9 nitrogen and oxygen atoms in total. The van der Waals surface area contributed by atoms with Crippen LogP contribution in [0.4, 0.5) is 5.69 Å². The van der Waals surface area contributed by atoms with Crippen LogP contribution in [0.5, 0.6) is 11.5 Å². The summed E-state index contributed by atoms with van der Waals surface area (Å²) in [7, 11) is 1.84. The fourth-order valence-corrected chi connectivity index (χ4v) is 3.86. The molecule has 2 amide bonds. The predicted octanol–water partition coefficient (Wildman–Crippen LogP) is 3.43. The van der Waals surface area contributed by atoms with Crippen molar-refractivity contribution in [1.29, 1.82) is 0 Å². The molecule has 0 unspecified atom stereocenters. The van der Waals surface area contributed by atoms with Gasteiger partial charge in [0.25, 0.3) is 0 Å². The summed E-state index contributed by atoms with van der Waals surface area (Å²) >= 11 is 0. The fourth-order valence-electron chi connectivity index (χ4n) is 3.86. The van der Waals surface area contributed by atoms with E-state index in [-0.39, 0.29) is 24.6 Å². The largest absolute Gasteiger partial charge is 0.478 e. The fraction of sp³-hybridized carbons (Fsp3) is 0.250. The van der Waals surface area contributed by atoms with Crippen molar-refractivity contribution in [2.24, 2.45) is 5.73 Å². The molecule has 4 N–H and O–H groups in total. The predicted molar refractivity (Wildman–Crippen MR) is 142 cm³/mol. The van der Waals surface area contributed by atoms with Crippen LogP contribution in [-0.4, -0.2) is 65.9 Å². The van der Waals surface area contributed by atoms with Gasteiger partial charge < -0.3 is 20.9 Å². The van der Waals surface area contributed by atoms with Crippen LogP contribution in [0.2, 0.25) is 0 Å². The third-order valence-corrected chi connectivity index (χ3v) is 5.57. The zero-order chi connectivity index (χ0) is 26.6. The van der Waals surface area contributed by atoms with Crippen molar-refractivity contribution < 1.29 is 24.2 Å². The lowest BCUT2D eigenvalue weighted by Crippen LogP contribution is -2.36. The molecule has 0 fully saturated rings. The standard InChI is InChI=1S/C28H32N4O5/c1-31(16-7-17-32(19-26(29)33)18-21-8-5-6-11-25(21)28(35)36)20-27(34)30-22-12-14-24(15-13-22)37-23-9-3-2-4-10-23/h2-6,8-15H,7,16-20H2,1H3,(H2,29,33)(H,30,34)(H,35,36). The minimum absolute atomic E-state index is 0.0160. The molecule has 3 aromatic rings. The van der Waals surface area contributed by atoms with E-state index in [4.69, 9.17) is 10.5 Å². The van der Waals surface area contributed by atoms with E-state index in [0.29, 0.717) is 43.1 Å². The van der Waals surface area contributed by atoms with Gasteiger partial charge in [-0.15, -0.1) is 0 Å². The lowest BCUT2D eigenvalue weighted by Gasteiger charge is -2.23. The van der Waals surface area contributed by atoms with Gasteiger partial charge in [-0.3, -0.25) is 19.4 Å². The molecule has 0 radical (unpaired) electrons. The summed E-state index contributed by atoms with van der Waals surface area (Å²) in [5, 5.41) is 12.3. The van der Waals surface area contributed by atoms with E-state index in [2.05, 4.69) is 5.32 Å². The summed E-state index contributed by atoms with van der Waals surface area (Å²) in [4.78, 5) is 39.2. The number of primary amides is 1. The highest BCUT2D eigenvalue weighted by molar-refractivity contribution is 5.92. The number of amides is 2. The average Bonchev–Trinajstić information content (AvgIpc) is 2.85. The lowest BCUT2D eigenvalue weighted by molar-refractivity contribution is -0.119. The topological polar surface area (TPSA) is 125 Å². The summed E-state index contributed by atoms with van der Waals surface area (Å²) < 4.78 is 5.76. The van der Waals surface area contributed by atoms with Crippen molar-refractivity contribution in [3.05, 3.63) is 90.0 Å². The van der Waals surface area contributed by atoms with Gasteiger partial charge in [-0.05, 0) is 68.0 Å².